The van der Waals surface area contributed by atoms with Crippen LogP contribution < -0.4 is 0 Å². The highest BCUT2D eigenvalue weighted by Gasteiger charge is 2.37. The van der Waals surface area contributed by atoms with Crippen molar-refractivity contribution in [1.82, 2.24) is 9.78 Å². The Morgan fingerprint density at radius 1 is 1.62 bits per heavy atom. The Kier molecular flexibility index (Phi) is 3.37. The summed E-state index contributed by atoms with van der Waals surface area (Å²) in [5.74, 6) is 0. The Morgan fingerprint density at radius 3 is 2.94 bits per heavy atom. The third-order valence-electron chi connectivity index (χ3n) is 2.90. The summed E-state index contributed by atoms with van der Waals surface area (Å²) in [6.45, 7) is 5.19. The van der Waals surface area contributed by atoms with Gasteiger partial charge in [0.05, 0.1) is 23.0 Å². The van der Waals surface area contributed by atoms with E-state index in [4.69, 9.17) is 4.74 Å². The number of aromatic nitrogens is 2. The van der Waals surface area contributed by atoms with Gasteiger partial charge in [-0.25, -0.2) is 0 Å². The van der Waals surface area contributed by atoms with E-state index in [0.717, 1.165) is 29.6 Å². The molecule has 0 bridgehead atoms. The SMILES string of the molecule is CC(C)n1ncc(Br)c1C1(O)CCCOC1. The lowest BCUT2D eigenvalue weighted by atomic mass is 9.92. The Hall–Kier alpha value is -0.390. The molecule has 0 aromatic carbocycles. The zero-order valence-electron chi connectivity index (χ0n) is 9.61. The molecule has 1 aromatic rings. The summed E-state index contributed by atoms with van der Waals surface area (Å²) in [6, 6.07) is 0.229. The van der Waals surface area contributed by atoms with Crippen molar-refractivity contribution in [2.45, 2.75) is 38.3 Å². The molecule has 1 aliphatic heterocycles. The van der Waals surface area contributed by atoms with E-state index in [9.17, 15) is 5.11 Å². The molecular formula is C11H17BrN2O2. The van der Waals surface area contributed by atoms with Crippen molar-refractivity contribution in [3.8, 4) is 0 Å². The molecule has 4 nitrogen and oxygen atoms in total. The zero-order valence-corrected chi connectivity index (χ0v) is 11.2. The second-order valence-electron chi connectivity index (χ2n) is 4.57. The van der Waals surface area contributed by atoms with Gasteiger partial charge in [-0.2, -0.15) is 5.10 Å². The molecule has 1 aromatic heterocycles. The highest BCUT2D eigenvalue weighted by molar-refractivity contribution is 9.10. The minimum absolute atomic E-state index is 0.229. The van der Waals surface area contributed by atoms with E-state index >= 15 is 0 Å². The summed E-state index contributed by atoms with van der Waals surface area (Å²) in [5.41, 5.74) is -0.0695. The van der Waals surface area contributed by atoms with E-state index in [1.165, 1.54) is 0 Å². The molecule has 5 heteroatoms. The van der Waals surface area contributed by atoms with Gasteiger partial charge in [0, 0.05) is 12.6 Å². The smallest absolute Gasteiger partial charge is 0.131 e. The molecule has 1 saturated heterocycles. The number of halogens is 1. The molecule has 90 valence electrons. The largest absolute Gasteiger partial charge is 0.381 e. The Labute approximate surface area is 104 Å². The summed E-state index contributed by atoms with van der Waals surface area (Å²) in [5, 5.41) is 14.9. The van der Waals surface area contributed by atoms with Crippen LogP contribution in [0.4, 0.5) is 0 Å². The molecule has 1 fully saturated rings. The summed E-state index contributed by atoms with van der Waals surface area (Å²) in [7, 11) is 0. The van der Waals surface area contributed by atoms with Crippen molar-refractivity contribution in [3.05, 3.63) is 16.4 Å². The van der Waals surface area contributed by atoms with Crippen molar-refractivity contribution in [2.24, 2.45) is 0 Å². The first kappa shape index (κ1) is 12.1. The average Bonchev–Trinajstić information content (AvgIpc) is 2.62. The van der Waals surface area contributed by atoms with Crippen LogP contribution in [0.15, 0.2) is 10.7 Å². The van der Waals surface area contributed by atoms with Crippen LogP contribution in [-0.4, -0.2) is 28.1 Å². The lowest BCUT2D eigenvalue weighted by Crippen LogP contribution is -2.38. The molecule has 2 heterocycles. The number of rotatable bonds is 2. The fourth-order valence-corrected chi connectivity index (χ4v) is 2.78. The van der Waals surface area contributed by atoms with Gasteiger partial charge in [-0.15, -0.1) is 0 Å². The predicted molar refractivity (Wildman–Crippen MR) is 64.3 cm³/mol. The maximum absolute atomic E-state index is 10.6. The van der Waals surface area contributed by atoms with E-state index in [1.807, 2.05) is 4.68 Å². The molecule has 1 unspecified atom stereocenters. The highest BCUT2D eigenvalue weighted by atomic mass is 79.9. The molecular weight excluding hydrogens is 272 g/mol. The standard InChI is InChI=1S/C11H17BrN2O2/c1-8(2)14-10(9(12)6-13-14)11(15)4-3-5-16-7-11/h6,8,15H,3-5,7H2,1-2H3. The van der Waals surface area contributed by atoms with E-state index in [2.05, 4.69) is 34.9 Å². The van der Waals surface area contributed by atoms with E-state index < -0.39 is 5.60 Å². The quantitative estimate of drug-likeness (QED) is 0.908. The van der Waals surface area contributed by atoms with Crippen molar-refractivity contribution >= 4 is 15.9 Å². The van der Waals surface area contributed by atoms with Crippen molar-refractivity contribution in [1.29, 1.82) is 0 Å². The van der Waals surface area contributed by atoms with Crippen LogP contribution in [0.5, 0.6) is 0 Å². The lowest BCUT2D eigenvalue weighted by Gasteiger charge is -2.33. The minimum atomic E-state index is -0.905. The Balaban J connectivity index is 2.41. The molecule has 16 heavy (non-hydrogen) atoms. The number of aliphatic hydroxyl groups is 1. The topological polar surface area (TPSA) is 47.3 Å². The third kappa shape index (κ3) is 2.04. The molecule has 2 rings (SSSR count). The van der Waals surface area contributed by atoms with E-state index in [-0.39, 0.29) is 6.04 Å². The Morgan fingerprint density at radius 2 is 2.38 bits per heavy atom. The van der Waals surface area contributed by atoms with Gasteiger partial charge < -0.3 is 9.84 Å². The number of hydrogen-bond acceptors (Lipinski definition) is 3. The summed E-state index contributed by atoms with van der Waals surface area (Å²) >= 11 is 3.46. The van der Waals surface area contributed by atoms with Crippen LogP contribution >= 0.6 is 15.9 Å². The Bertz CT molecular complexity index is 370. The number of nitrogens with zero attached hydrogens (tertiary/aromatic N) is 2. The van der Waals surface area contributed by atoms with Crippen LogP contribution in [0.25, 0.3) is 0 Å². The van der Waals surface area contributed by atoms with Crippen LogP contribution in [0.1, 0.15) is 38.4 Å². The van der Waals surface area contributed by atoms with Crippen molar-refractivity contribution in [2.75, 3.05) is 13.2 Å². The maximum Gasteiger partial charge on any atom is 0.131 e. The molecule has 1 atom stereocenters. The molecule has 1 aliphatic rings. The van der Waals surface area contributed by atoms with Crippen molar-refractivity contribution in [3.63, 3.8) is 0 Å². The van der Waals surface area contributed by atoms with Gasteiger partial charge in [0.15, 0.2) is 0 Å². The minimum Gasteiger partial charge on any atom is -0.381 e. The van der Waals surface area contributed by atoms with Gasteiger partial charge in [0.1, 0.15) is 5.60 Å². The van der Waals surface area contributed by atoms with Gasteiger partial charge in [-0.05, 0) is 42.6 Å². The lowest BCUT2D eigenvalue weighted by molar-refractivity contribution is -0.0960. The first-order chi connectivity index (χ1) is 7.54. The monoisotopic (exact) mass is 288 g/mol. The fraction of sp³-hybridized carbons (Fsp3) is 0.727. The molecule has 0 saturated carbocycles. The summed E-state index contributed by atoms with van der Waals surface area (Å²) < 4.78 is 8.10. The van der Waals surface area contributed by atoms with Crippen LogP contribution in [0, 0.1) is 0 Å². The van der Waals surface area contributed by atoms with Gasteiger partial charge in [-0.3, -0.25) is 4.68 Å². The average molecular weight is 289 g/mol. The molecule has 0 spiro atoms. The molecule has 1 N–H and O–H groups in total. The highest BCUT2D eigenvalue weighted by Crippen LogP contribution is 2.36. The predicted octanol–water partition coefficient (Wildman–Crippen LogP) is 2.22. The van der Waals surface area contributed by atoms with E-state index in [0.29, 0.717) is 6.61 Å². The molecule has 0 amide bonds. The van der Waals surface area contributed by atoms with E-state index in [1.54, 1.807) is 6.20 Å². The zero-order chi connectivity index (χ0) is 11.8. The maximum atomic E-state index is 10.6. The fourth-order valence-electron chi connectivity index (χ4n) is 2.13. The first-order valence-electron chi connectivity index (χ1n) is 5.58. The van der Waals surface area contributed by atoms with Crippen LogP contribution in [0.2, 0.25) is 0 Å². The second-order valence-corrected chi connectivity index (χ2v) is 5.42. The van der Waals surface area contributed by atoms with Crippen molar-refractivity contribution < 1.29 is 9.84 Å². The number of ether oxygens (including phenoxy) is 1. The third-order valence-corrected chi connectivity index (χ3v) is 3.48. The molecule has 0 aliphatic carbocycles. The van der Waals surface area contributed by atoms with Gasteiger partial charge >= 0.3 is 0 Å². The van der Waals surface area contributed by atoms with Crippen LogP contribution in [-0.2, 0) is 10.3 Å². The first-order valence-corrected chi connectivity index (χ1v) is 6.37. The second kappa shape index (κ2) is 4.47. The summed E-state index contributed by atoms with van der Waals surface area (Å²) in [6.07, 6.45) is 3.35. The summed E-state index contributed by atoms with van der Waals surface area (Å²) in [4.78, 5) is 0. The van der Waals surface area contributed by atoms with Gasteiger partial charge in [0.2, 0.25) is 0 Å². The van der Waals surface area contributed by atoms with Crippen LogP contribution in [0.3, 0.4) is 0 Å². The number of hydrogen-bond donors (Lipinski definition) is 1. The normalized spacial score (nSPS) is 26.3. The van der Waals surface area contributed by atoms with Gasteiger partial charge in [-0.1, -0.05) is 0 Å². The van der Waals surface area contributed by atoms with Gasteiger partial charge in [0.25, 0.3) is 0 Å². The molecule has 0 radical (unpaired) electrons.